The van der Waals surface area contributed by atoms with Gasteiger partial charge in [-0.25, -0.2) is 0 Å². The molecule has 1 aromatic carbocycles. The van der Waals surface area contributed by atoms with E-state index in [2.05, 4.69) is 0 Å². The topological polar surface area (TPSA) is 36.2 Å². The van der Waals surface area contributed by atoms with E-state index < -0.39 is 0 Å². The summed E-state index contributed by atoms with van der Waals surface area (Å²) in [7, 11) is 0. The summed E-state index contributed by atoms with van der Waals surface area (Å²) >= 11 is 0. The molecule has 3 nitrogen and oxygen atoms in total. The number of aromatic nitrogens is 1. The predicted molar refractivity (Wildman–Crippen MR) is 54.1 cm³/mol. The first-order chi connectivity index (χ1) is 6.83. The molecule has 0 atom stereocenters. The number of rotatable bonds is 2. The van der Waals surface area contributed by atoms with E-state index in [1.54, 1.807) is 12.1 Å². The fourth-order valence-corrected chi connectivity index (χ4v) is 1.42. The lowest BCUT2D eigenvalue weighted by Gasteiger charge is -2.06. The van der Waals surface area contributed by atoms with Crippen LogP contribution in [0.15, 0.2) is 36.4 Å². The first-order valence-electron chi connectivity index (χ1n) is 4.57. The Balaban J connectivity index is 2.63. The Kier molecular flexibility index (Phi) is 2.23. The van der Waals surface area contributed by atoms with Crippen LogP contribution in [0, 0.1) is 5.21 Å². The average Bonchev–Trinajstić information content (AvgIpc) is 2.23. The molecule has 0 aliphatic carbocycles. The molecule has 0 saturated carbocycles. The Morgan fingerprint density at radius 2 is 2.00 bits per heavy atom. The molecule has 0 saturated heterocycles. The Bertz CT molecular complexity index is 454. The van der Waals surface area contributed by atoms with Crippen LogP contribution >= 0.6 is 0 Å². The van der Waals surface area contributed by atoms with Gasteiger partial charge in [0.2, 0.25) is 5.52 Å². The van der Waals surface area contributed by atoms with Crippen molar-refractivity contribution in [3.8, 4) is 5.88 Å². The number of hydrogen-bond acceptors (Lipinski definition) is 2. The lowest BCUT2D eigenvalue weighted by Crippen LogP contribution is -2.29. The SMILES string of the molecule is CCOc1ccc2ccccc2[n+]1[O-]. The first-order valence-corrected chi connectivity index (χ1v) is 4.57. The summed E-state index contributed by atoms with van der Waals surface area (Å²) in [5.41, 5.74) is 0.637. The van der Waals surface area contributed by atoms with Crippen LogP contribution in [0.4, 0.5) is 0 Å². The van der Waals surface area contributed by atoms with Crippen LogP contribution in [0.1, 0.15) is 6.92 Å². The molecule has 0 N–H and O–H groups in total. The molecule has 2 aromatic rings. The van der Waals surface area contributed by atoms with E-state index in [0.717, 1.165) is 10.1 Å². The van der Waals surface area contributed by atoms with Gasteiger partial charge in [0, 0.05) is 11.5 Å². The van der Waals surface area contributed by atoms with Gasteiger partial charge < -0.3 is 9.94 Å². The second-order valence-electron chi connectivity index (χ2n) is 2.96. The van der Waals surface area contributed by atoms with Crippen molar-refractivity contribution in [3.63, 3.8) is 0 Å². The van der Waals surface area contributed by atoms with E-state index >= 15 is 0 Å². The van der Waals surface area contributed by atoms with Crippen LogP contribution in [-0.2, 0) is 0 Å². The molecule has 0 unspecified atom stereocenters. The quantitative estimate of drug-likeness (QED) is 0.534. The molecule has 0 fully saturated rings. The molecule has 1 heterocycles. The first kappa shape index (κ1) is 8.81. The van der Waals surface area contributed by atoms with Crippen molar-refractivity contribution in [2.45, 2.75) is 6.92 Å². The third-order valence-electron chi connectivity index (χ3n) is 2.05. The Labute approximate surface area is 82.1 Å². The van der Waals surface area contributed by atoms with Gasteiger partial charge in [-0.05, 0) is 19.1 Å². The van der Waals surface area contributed by atoms with Gasteiger partial charge in [0.1, 0.15) is 0 Å². The van der Waals surface area contributed by atoms with Gasteiger partial charge in [-0.1, -0.05) is 12.1 Å². The van der Waals surface area contributed by atoms with Crippen LogP contribution in [0.3, 0.4) is 0 Å². The van der Waals surface area contributed by atoms with Crippen LogP contribution < -0.4 is 9.47 Å². The van der Waals surface area contributed by atoms with Crippen LogP contribution in [0.5, 0.6) is 5.88 Å². The number of para-hydroxylation sites is 1. The second-order valence-corrected chi connectivity index (χ2v) is 2.96. The number of fused-ring (bicyclic) bond motifs is 1. The fraction of sp³-hybridized carbons (Fsp3) is 0.182. The summed E-state index contributed by atoms with van der Waals surface area (Å²) in [5, 5.41) is 12.6. The molecule has 1 aromatic heterocycles. The highest BCUT2D eigenvalue weighted by molar-refractivity contribution is 5.75. The van der Waals surface area contributed by atoms with E-state index in [0.29, 0.717) is 18.0 Å². The van der Waals surface area contributed by atoms with Crippen molar-refractivity contribution in [2.24, 2.45) is 0 Å². The number of benzene rings is 1. The highest BCUT2D eigenvalue weighted by Gasteiger charge is 2.09. The zero-order valence-corrected chi connectivity index (χ0v) is 7.93. The minimum Gasteiger partial charge on any atom is -0.616 e. The predicted octanol–water partition coefficient (Wildman–Crippen LogP) is 1.87. The van der Waals surface area contributed by atoms with E-state index in [4.69, 9.17) is 4.74 Å². The molecule has 3 heteroatoms. The van der Waals surface area contributed by atoms with Gasteiger partial charge in [0.25, 0.3) is 0 Å². The summed E-state index contributed by atoms with van der Waals surface area (Å²) in [5.74, 6) is 0.353. The van der Waals surface area contributed by atoms with Crippen LogP contribution in [0.2, 0.25) is 0 Å². The third kappa shape index (κ3) is 1.37. The molecule has 0 bridgehead atoms. The number of pyridine rings is 1. The molecule has 0 aliphatic rings. The summed E-state index contributed by atoms with van der Waals surface area (Å²) in [6.07, 6.45) is 0. The largest absolute Gasteiger partial charge is 0.616 e. The Hall–Kier alpha value is -1.77. The molecular formula is C11H11NO2. The van der Waals surface area contributed by atoms with Gasteiger partial charge in [-0.15, -0.1) is 4.73 Å². The molecular weight excluding hydrogens is 178 g/mol. The zero-order valence-electron chi connectivity index (χ0n) is 7.93. The van der Waals surface area contributed by atoms with Crippen LogP contribution in [0.25, 0.3) is 10.9 Å². The summed E-state index contributed by atoms with van der Waals surface area (Å²) < 4.78 is 6.01. The summed E-state index contributed by atoms with van der Waals surface area (Å²) in [4.78, 5) is 0. The normalized spacial score (nSPS) is 10.4. The maximum atomic E-state index is 11.7. The van der Waals surface area contributed by atoms with Crippen molar-refractivity contribution in [1.82, 2.24) is 0 Å². The number of hydrogen-bond donors (Lipinski definition) is 0. The monoisotopic (exact) mass is 189 g/mol. The lowest BCUT2D eigenvalue weighted by molar-refractivity contribution is -0.585. The molecule has 0 radical (unpaired) electrons. The maximum absolute atomic E-state index is 11.7. The van der Waals surface area contributed by atoms with E-state index in [9.17, 15) is 5.21 Å². The van der Waals surface area contributed by atoms with E-state index in [1.807, 2.05) is 31.2 Å². The molecule has 0 amide bonds. The van der Waals surface area contributed by atoms with E-state index in [1.165, 1.54) is 0 Å². The second kappa shape index (κ2) is 3.54. The van der Waals surface area contributed by atoms with Gasteiger partial charge in [0.05, 0.1) is 12.7 Å². The molecule has 2 rings (SSSR count). The van der Waals surface area contributed by atoms with Gasteiger partial charge in [-0.2, -0.15) is 0 Å². The van der Waals surface area contributed by atoms with Crippen molar-refractivity contribution in [1.29, 1.82) is 0 Å². The minimum absolute atomic E-state index is 0.353. The molecule has 72 valence electrons. The number of nitrogens with zero attached hydrogens (tertiary/aromatic N) is 1. The average molecular weight is 189 g/mol. The van der Waals surface area contributed by atoms with Crippen molar-refractivity contribution in [3.05, 3.63) is 41.6 Å². The Morgan fingerprint density at radius 3 is 2.79 bits per heavy atom. The lowest BCUT2D eigenvalue weighted by atomic mass is 10.2. The standard InChI is InChI=1S/C11H11NO2/c1-2-14-11-8-7-9-5-3-4-6-10(9)12(11)13/h3-8H,2H2,1H3. The highest BCUT2D eigenvalue weighted by Crippen LogP contribution is 2.13. The van der Waals surface area contributed by atoms with Gasteiger partial charge in [-0.3, -0.25) is 0 Å². The molecule has 0 spiro atoms. The van der Waals surface area contributed by atoms with Crippen molar-refractivity contribution < 1.29 is 9.47 Å². The fourth-order valence-electron chi connectivity index (χ4n) is 1.42. The summed E-state index contributed by atoms with van der Waals surface area (Å²) in [6.45, 7) is 2.36. The Morgan fingerprint density at radius 1 is 1.21 bits per heavy atom. The maximum Gasteiger partial charge on any atom is 0.379 e. The van der Waals surface area contributed by atoms with Crippen LogP contribution in [-0.4, -0.2) is 6.61 Å². The summed E-state index contributed by atoms with van der Waals surface area (Å²) in [6, 6.07) is 11.0. The van der Waals surface area contributed by atoms with Gasteiger partial charge >= 0.3 is 5.88 Å². The molecule has 14 heavy (non-hydrogen) atoms. The van der Waals surface area contributed by atoms with Crippen molar-refractivity contribution >= 4 is 10.9 Å². The van der Waals surface area contributed by atoms with Crippen molar-refractivity contribution in [2.75, 3.05) is 6.61 Å². The van der Waals surface area contributed by atoms with Gasteiger partial charge in [0.15, 0.2) is 0 Å². The highest BCUT2D eigenvalue weighted by atomic mass is 16.5. The minimum atomic E-state index is 0.353. The number of ether oxygens (including phenoxy) is 1. The zero-order chi connectivity index (χ0) is 9.97. The van der Waals surface area contributed by atoms with E-state index in [-0.39, 0.29) is 0 Å². The smallest absolute Gasteiger partial charge is 0.379 e. The molecule has 0 aliphatic heterocycles. The third-order valence-corrected chi connectivity index (χ3v) is 2.05.